The second kappa shape index (κ2) is 5.82. The number of carbonyl (C=O) groups excluding carboxylic acids is 1. The van der Waals surface area contributed by atoms with Crippen LogP contribution in [0.4, 0.5) is 5.69 Å². The van der Waals surface area contributed by atoms with Gasteiger partial charge in [-0.25, -0.2) is 0 Å². The minimum atomic E-state index is -0.445. The number of nitrogens with one attached hydrogen (secondary N) is 1. The summed E-state index contributed by atoms with van der Waals surface area (Å²) in [5.74, 6) is 2.15. The molecule has 4 bridgehead atoms. The number of aryl methyl sites for hydroxylation is 1. The Morgan fingerprint density at radius 2 is 1.76 bits per heavy atom. The van der Waals surface area contributed by atoms with Gasteiger partial charge in [-0.05, 0) is 81.6 Å². The van der Waals surface area contributed by atoms with Crippen LogP contribution in [0, 0.1) is 40.2 Å². The third-order valence-corrected chi connectivity index (χ3v) is 7.02. The highest BCUT2D eigenvalue weighted by Crippen LogP contribution is 2.61. The van der Waals surface area contributed by atoms with Crippen molar-refractivity contribution in [3.63, 3.8) is 0 Å². The van der Waals surface area contributed by atoms with Crippen LogP contribution in [0.5, 0.6) is 0 Å². The normalized spacial score (nSPS) is 33.9. The Hall–Kier alpha value is -1.91. The first-order valence-electron chi connectivity index (χ1n) is 9.43. The lowest BCUT2D eigenvalue weighted by Gasteiger charge is -2.59. The molecule has 4 saturated carbocycles. The first-order valence-corrected chi connectivity index (χ1v) is 9.43. The predicted octanol–water partition coefficient (Wildman–Crippen LogP) is 4.24. The Balaban J connectivity index is 1.56. The number of carbonyl (C=O) groups is 1. The largest absolute Gasteiger partial charge is 0.349 e. The van der Waals surface area contributed by atoms with Gasteiger partial charge < -0.3 is 5.32 Å². The van der Waals surface area contributed by atoms with E-state index in [0.29, 0.717) is 5.56 Å². The standard InChI is InChI=1S/C20H26N2O3/c1-12-4-3-5-17(18(12)22(24)25)19(23)21-13(2)20-9-14-6-15(10-20)8-16(7-14)11-20/h3-5,13-16H,6-11H2,1-2H3,(H,21,23)/t13-,14?,15?,16?,20?/m1/s1. The zero-order chi connectivity index (χ0) is 17.8. The lowest BCUT2D eigenvalue weighted by Crippen LogP contribution is -2.55. The van der Waals surface area contributed by atoms with Gasteiger partial charge in [0.15, 0.2) is 0 Å². The van der Waals surface area contributed by atoms with Gasteiger partial charge in [-0.3, -0.25) is 14.9 Å². The molecule has 0 radical (unpaired) electrons. The van der Waals surface area contributed by atoms with E-state index in [9.17, 15) is 14.9 Å². The van der Waals surface area contributed by atoms with Crippen LogP contribution in [0.2, 0.25) is 0 Å². The fourth-order valence-corrected chi connectivity index (χ4v) is 6.22. The number of benzene rings is 1. The lowest BCUT2D eigenvalue weighted by atomic mass is 9.48. The van der Waals surface area contributed by atoms with E-state index in [4.69, 9.17) is 0 Å². The van der Waals surface area contributed by atoms with Gasteiger partial charge in [0.25, 0.3) is 11.6 Å². The Morgan fingerprint density at radius 1 is 1.20 bits per heavy atom. The summed E-state index contributed by atoms with van der Waals surface area (Å²) in [7, 11) is 0. The van der Waals surface area contributed by atoms with Crippen molar-refractivity contribution >= 4 is 11.6 Å². The predicted molar refractivity (Wildman–Crippen MR) is 95.4 cm³/mol. The maximum absolute atomic E-state index is 12.8. The quantitative estimate of drug-likeness (QED) is 0.657. The number of rotatable bonds is 4. The highest BCUT2D eigenvalue weighted by Gasteiger charge is 2.53. The molecule has 4 fully saturated rings. The molecule has 0 unspecified atom stereocenters. The molecular formula is C20H26N2O3. The first-order chi connectivity index (χ1) is 11.9. The average molecular weight is 342 g/mol. The van der Waals surface area contributed by atoms with Gasteiger partial charge in [-0.15, -0.1) is 0 Å². The van der Waals surface area contributed by atoms with E-state index in [1.54, 1.807) is 25.1 Å². The smallest absolute Gasteiger partial charge is 0.285 e. The monoisotopic (exact) mass is 342 g/mol. The Morgan fingerprint density at radius 3 is 2.28 bits per heavy atom. The van der Waals surface area contributed by atoms with E-state index in [0.717, 1.165) is 17.8 Å². The Bertz CT molecular complexity index is 692. The van der Waals surface area contributed by atoms with Crippen molar-refractivity contribution < 1.29 is 9.72 Å². The second-order valence-electron chi connectivity index (χ2n) is 8.70. The van der Waals surface area contributed by atoms with Crippen molar-refractivity contribution in [3.8, 4) is 0 Å². The zero-order valence-corrected chi connectivity index (χ0v) is 15.0. The topological polar surface area (TPSA) is 72.2 Å². The van der Waals surface area contributed by atoms with Crippen LogP contribution in [0.3, 0.4) is 0 Å². The summed E-state index contributed by atoms with van der Waals surface area (Å²) in [6.45, 7) is 3.78. The SMILES string of the molecule is Cc1cccc(C(=O)N[C@H](C)C23CC4CC(CC(C4)C2)C3)c1[N+](=O)[O-]. The number of nitrogens with zero attached hydrogens (tertiary/aromatic N) is 1. The number of hydrogen-bond acceptors (Lipinski definition) is 3. The van der Waals surface area contributed by atoms with Crippen LogP contribution >= 0.6 is 0 Å². The van der Waals surface area contributed by atoms with E-state index in [1.165, 1.54) is 38.5 Å². The summed E-state index contributed by atoms with van der Waals surface area (Å²) in [6.07, 6.45) is 7.71. The van der Waals surface area contributed by atoms with Gasteiger partial charge in [-0.1, -0.05) is 12.1 Å². The summed E-state index contributed by atoms with van der Waals surface area (Å²) in [4.78, 5) is 23.7. The van der Waals surface area contributed by atoms with Crippen molar-refractivity contribution in [2.45, 2.75) is 58.4 Å². The maximum atomic E-state index is 12.8. The molecule has 0 heterocycles. The number of nitro groups is 1. The lowest BCUT2D eigenvalue weighted by molar-refractivity contribution is -0.385. The Labute approximate surface area is 148 Å². The highest BCUT2D eigenvalue weighted by atomic mass is 16.6. The molecule has 0 aromatic heterocycles. The van der Waals surface area contributed by atoms with Crippen molar-refractivity contribution in [2.75, 3.05) is 0 Å². The second-order valence-corrected chi connectivity index (χ2v) is 8.70. The summed E-state index contributed by atoms with van der Waals surface area (Å²) in [5.41, 5.74) is 0.836. The fraction of sp³-hybridized carbons (Fsp3) is 0.650. The third-order valence-electron chi connectivity index (χ3n) is 7.02. The van der Waals surface area contributed by atoms with Crippen LogP contribution in [0.1, 0.15) is 61.4 Å². The van der Waals surface area contributed by atoms with Crippen molar-refractivity contribution in [1.29, 1.82) is 0 Å². The molecule has 0 saturated heterocycles. The van der Waals surface area contributed by atoms with Gasteiger partial charge in [0.1, 0.15) is 5.56 Å². The summed E-state index contributed by atoms with van der Waals surface area (Å²) >= 11 is 0. The summed E-state index contributed by atoms with van der Waals surface area (Å²) in [5, 5.41) is 14.5. The van der Waals surface area contributed by atoms with E-state index < -0.39 is 4.92 Å². The average Bonchev–Trinajstić information content (AvgIpc) is 2.52. The molecule has 5 rings (SSSR count). The molecule has 4 aliphatic carbocycles. The molecule has 5 heteroatoms. The minimum Gasteiger partial charge on any atom is -0.349 e. The van der Waals surface area contributed by atoms with Gasteiger partial charge in [0.2, 0.25) is 0 Å². The van der Waals surface area contributed by atoms with Crippen molar-refractivity contribution in [3.05, 3.63) is 39.4 Å². The number of hydrogen-bond donors (Lipinski definition) is 1. The van der Waals surface area contributed by atoms with Gasteiger partial charge >= 0.3 is 0 Å². The molecule has 1 aromatic rings. The van der Waals surface area contributed by atoms with E-state index in [1.807, 2.05) is 0 Å². The van der Waals surface area contributed by atoms with Gasteiger partial charge in [-0.2, -0.15) is 0 Å². The van der Waals surface area contributed by atoms with Crippen LogP contribution < -0.4 is 5.32 Å². The molecule has 4 aliphatic rings. The number of amides is 1. The molecule has 134 valence electrons. The third kappa shape index (κ3) is 2.74. The minimum absolute atomic E-state index is 0.0634. The molecule has 5 nitrogen and oxygen atoms in total. The van der Waals surface area contributed by atoms with Crippen LogP contribution in [-0.4, -0.2) is 16.9 Å². The summed E-state index contributed by atoms with van der Waals surface area (Å²) < 4.78 is 0. The van der Waals surface area contributed by atoms with Crippen LogP contribution in [-0.2, 0) is 0 Å². The van der Waals surface area contributed by atoms with Crippen LogP contribution in [0.25, 0.3) is 0 Å². The molecule has 25 heavy (non-hydrogen) atoms. The molecule has 1 amide bonds. The zero-order valence-electron chi connectivity index (χ0n) is 15.0. The summed E-state index contributed by atoms with van der Waals surface area (Å²) in [6, 6.07) is 5.02. The van der Waals surface area contributed by atoms with E-state index >= 15 is 0 Å². The van der Waals surface area contributed by atoms with Gasteiger partial charge in [0, 0.05) is 11.6 Å². The maximum Gasteiger partial charge on any atom is 0.285 e. The molecule has 1 aromatic carbocycles. The first kappa shape index (κ1) is 16.6. The van der Waals surface area contributed by atoms with Crippen molar-refractivity contribution in [2.24, 2.45) is 23.2 Å². The van der Waals surface area contributed by atoms with E-state index in [-0.39, 0.29) is 28.6 Å². The highest BCUT2D eigenvalue weighted by molar-refractivity contribution is 5.98. The van der Waals surface area contributed by atoms with E-state index in [2.05, 4.69) is 12.2 Å². The molecule has 1 N–H and O–H groups in total. The fourth-order valence-electron chi connectivity index (χ4n) is 6.22. The number of para-hydroxylation sites is 1. The van der Waals surface area contributed by atoms with Crippen LogP contribution in [0.15, 0.2) is 18.2 Å². The molecule has 0 spiro atoms. The molecular weight excluding hydrogens is 316 g/mol. The molecule has 1 atom stereocenters. The van der Waals surface area contributed by atoms with Gasteiger partial charge in [0.05, 0.1) is 4.92 Å². The Kier molecular flexibility index (Phi) is 3.85. The molecule has 0 aliphatic heterocycles. The van der Waals surface area contributed by atoms with Crippen molar-refractivity contribution in [1.82, 2.24) is 5.32 Å². The number of nitro benzene ring substituents is 1.